The largest absolute Gasteiger partial charge is 0.324 e. The van der Waals surface area contributed by atoms with E-state index < -0.39 is 0 Å². The summed E-state index contributed by atoms with van der Waals surface area (Å²) < 4.78 is 1.88. The van der Waals surface area contributed by atoms with Crippen molar-refractivity contribution in [3.63, 3.8) is 0 Å². The molecule has 4 nitrogen and oxygen atoms in total. The van der Waals surface area contributed by atoms with E-state index in [1.54, 1.807) is 6.33 Å². The Kier molecular flexibility index (Phi) is 4.06. The minimum absolute atomic E-state index is 0.0178. The van der Waals surface area contributed by atoms with Crippen LogP contribution in [-0.2, 0) is 0 Å². The van der Waals surface area contributed by atoms with Gasteiger partial charge in [-0.1, -0.05) is 61.8 Å². The van der Waals surface area contributed by atoms with Crippen LogP contribution in [0.2, 0.25) is 5.02 Å². The molecule has 1 aliphatic rings. The summed E-state index contributed by atoms with van der Waals surface area (Å²) in [5.41, 5.74) is 4.62. The van der Waals surface area contributed by atoms with Gasteiger partial charge in [0.15, 0.2) is 0 Å². The van der Waals surface area contributed by atoms with Crippen molar-refractivity contribution in [3.05, 3.63) is 82.6 Å². The van der Waals surface area contributed by atoms with Gasteiger partial charge >= 0.3 is 0 Å². The number of allylic oxidation sites excluding steroid dienone is 1. The van der Waals surface area contributed by atoms with Gasteiger partial charge in [-0.3, -0.25) is 0 Å². The van der Waals surface area contributed by atoms with Crippen LogP contribution in [0.15, 0.2) is 60.9 Å². The fourth-order valence-electron chi connectivity index (χ4n) is 3.05. The van der Waals surface area contributed by atoms with Crippen LogP contribution in [-0.4, -0.2) is 14.8 Å². The lowest BCUT2D eigenvalue weighted by atomic mass is 9.98. The number of nitrogens with zero attached hydrogens (tertiary/aromatic N) is 3. The summed E-state index contributed by atoms with van der Waals surface area (Å²) in [5, 5.41) is 8.47. The van der Waals surface area contributed by atoms with Gasteiger partial charge in [-0.25, -0.2) is 4.68 Å². The van der Waals surface area contributed by atoms with Gasteiger partial charge in [-0.15, -0.1) is 0 Å². The van der Waals surface area contributed by atoms with Crippen molar-refractivity contribution < 1.29 is 0 Å². The topological polar surface area (TPSA) is 42.7 Å². The summed E-state index contributed by atoms with van der Waals surface area (Å²) in [5.74, 6) is 1.26. The number of aromatic nitrogens is 3. The van der Waals surface area contributed by atoms with Crippen LogP contribution in [0.3, 0.4) is 0 Å². The molecule has 0 saturated carbocycles. The maximum absolute atomic E-state index is 6.03. The van der Waals surface area contributed by atoms with Crippen molar-refractivity contribution in [1.82, 2.24) is 14.8 Å². The average molecular weight is 351 g/mol. The van der Waals surface area contributed by atoms with Crippen molar-refractivity contribution in [2.24, 2.45) is 0 Å². The van der Waals surface area contributed by atoms with Gasteiger partial charge in [-0.05, 0) is 40.8 Å². The van der Waals surface area contributed by atoms with Gasteiger partial charge in [0.25, 0.3) is 0 Å². The maximum atomic E-state index is 6.03. The van der Waals surface area contributed by atoms with Gasteiger partial charge in [0.2, 0.25) is 5.95 Å². The van der Waals surface area contributed by atoms with Crippen LogP contribution < -0.4 is 5.32 Å². The van der Waals surface area contributed by atoms with Crippen LogP contribution in [0.5, 0.6) is 0 Å². The summed E-state index contributed by atoms with van der Waals surface area (Å²) in [6, 6.07) is 16.5. The van der Waals surface area contributed by atoms with E-state index >= 15 is 0 Å². The standard InChI is InChI=1S/C20H19ClN4/c1-13(2)14-3-5-15(6-4-14)18-11-19(16-7-9-17(21)10-8-16)25-20(24-18)22-12-23-25/h3-13,19H,1-2H3,(H,22,23,24). The van der Waals surface area contributed by atoms with Crippen LogP contribution in [0.4, 0.5) is 5.95 Å². The second-order valence-corrected chi connectivity index (χ2v) is 6.94. The molecule has 0 saturated heterocycles. The fourth-order valence-corrected chi connectivity index (χ4v) is 3.17. The van der Waals surface area contributed by atoms with E-state index in [9.17, 15) is 0 Å². The number of rotatable bonds is 3. The molecule has 1 unspecified atom stereocenters. The zero-order valence-electron chi connectivity index (χ0n) is 14.1. The Bertz CT molecular complexity index is 908. The first-order chi connectivity index (χ1) is 12.1. The van der Waals surface area contributed by atoms with E-state index in [1.807, 2.05) is 28.9 Å². The quantitative estimate of drug-likeness (QED) is 0.713. The van der Waals surface area contributed by atoms with E-state index in [2.05, 4.69) is 59.6 Å². The van der Waals surface area contributed by atoms with Gasteiger partial charge in [-0.2, -0.15) is 10.1 Å². The molecule has 2 heterocycles. The minimum atomic E-state index is -0.0178. The van der Waals surface area contributed by atoms with Crippen LogP contribution in [0, 0.1) is 0 Å². The average Bonchev–Trinajstić information content (AvgIpc) is 3.10. The van der Waals surface area contributed by atoms with Crippen LogP contribution in [0.1, 0.15) is 42.5 Å². The second kappa shape index (κ2) is 6.37. The molecule has 0 spiro atoms. The maximum Gasteiger partial charge on any atom is 0.226 e. The summed E-state index contributed by atoms with van der Waals surface area (Å²) >= 11 is 6.03. The van der Waals surface area contributed by atoms with Crippen LogP contribution in [0.25, 0.3) is 5.70 Å². The zero-order valence-corrected chi connectivity index (χ0v) is 14.9. The highest BCUT2D eigenvalue weighted by Gasteiger charge is 2.23. The highest BCUT2D eigenvalue weighted by atomic mass is 35.5. The minimum Gasteiger partial charge on any atom is -0.324 e. The molecule has 5 heteroatoms. The summed E-state index contributed by atoms with van der Waals surface area (Å²) in [6.45, 7) is 4.40. The Morgan fingerprint density at radius 2 is 1.76 bits per heavy atom. The molecular formula is C20H19ClN4. The number of hydrogen-bond acceptors (Lipinski definition) is 3. The molecule has 0 fully saturated rings. The SMILES string of the molecule is CC(C)c1ccc(C2=CC(c3ccc(Cl)cc3)n3ncnc3N2)cc1. The number of anilines is 1. The van der Waals surface area contributed by atoms with Gasteiger partial charge in [0, 0.05) is 10.7 Å². The number of halogens is 1. The Hall–Kier alpha value is -2.59. The van der Waals surface area contributed by atoms with E-state index in [1.165, 1.54) is 5.56 Å². The molecule has 25 heavy (non-hydrogen) atoms. The zero-order chi connectivity index (χ0) is 17.4. The van der Waals surface area contributed by atoms with E-state index in [4.69, 9.17) is 11.6 Å². The number of nitrogens with one attached hydrogen (secondary N) is 1. The molecule has 2 aromatic carbocycles. The third kappa shape index (κ3) is 3.05. The van der Waals surface area contributed by atoms with Crippen molar-refractivity contribution >= 4 is 23.2 Å². The van der Waals surface area contributed by atoms with Crippen molar-refractivity contribution in [2.45, 2.75) is 25.8 Å². The lowest BCUT2D eigenvalue weighted by Crippen LogP contribution is -2.20. The lowest BCUT2D eigenvalue weighted by Gasteiger charge is -2.24. The monoisotopic (exact) mass is 350 g/mol. The molecule has 0 aliphatic carbocycles. The first kappa shape index (κ1) is 15.9. The summed E-state index contributed by atoms with van der Waals surface area (Å²) in [6.07, 6.45) is 3.75. The van der Waals surface area contributed by atoms with E-state index in [-0.39, 0.29) is 6.04 Å². The third-order valence-corrected chi connectivity index (χ3v) is 4.76. The third-order valence-electron chi connectivity index (χ3n) is 4.51. The molecule has 4 rings (SSSR count). The highest BCUT2D eigenvalue weighted by molar-refractivity contribution is 6.30. The Labute approximate surface area is 152 Å². The van der Waals surface area contributed by atoms with Crippen molar-refractivity contribution in [1.29, 1.82) is 0 Å². The summed E-state index contributed by atoms with van der Waals surface area (Å²) in [7, 11) is 0. The predicted molar refractivity (Wildman–Crippen MR) is 102 cm³/mol. The molecule has 0 bridgehead atoms. The summed E-state index contributed by atoms with van der Waals surface area (Å²) in [4.78, 5) is 4.35. The molecule has 1 N–H and O–H groups in total. The predicted octanol–water partition coefficient (Wildman–Crippen LogP) is 5.11. The molecule has 0 radical (unpaired) electrons. The van der Waals surface area contributed by atoms with Crippen LogP contribution >= 0.6 is 11.6 Å². The van der Waals surface area contributed by atoms with E-state index in [0.29, 0.717) is 5.92 Å². The smallest absolute Gasteiger partial charge is 0.226 e. The number of hydrogen-bond donors (Lipinski definition) is 1. The first-order valence-electron chi connectivity index (χ1n) is 8.36. The Morgan fingerprint density at radius 3 is 2.44 bits per heavy atom. The number of fused-ring (bicyclic) bond motifs is 1. The molecule has 0 amide bonds. The Morgan fingerprint density at radius 1 is 1.04 bits per heavy atom. The highest BCUT2D eigenvalue weighted by Crippen LogP contribution is 2.32. The van der Waals surface area contributed by atoms with Gasteiger partial charge < -0.3 is 5.32 Å². The molecule has 1 aromatic heterocycles. The fraction of sp³-hybridized carbons (Fsp3) is 0.200. The molecule has 1 atom stereocenters. The first-order valence-corrected chi connectivity index (χ1v) is 8.74. The molecule has 1 aliphatic heterocycles. The van der Waals surface area contributed by atoms with Gasteiger partial charge in [0.05, 0.1) is 0 Å². The second-order valence-electron chi connectivity index (χ2n) is 6.51. The lowest BCUT2D eigenvalue weighted by molar-refractivity contribution is 0.612. The van der Waals surface area contributed by atoms with Gasteiger partial charge in [0.1, 0.15) is 12.4 Å². The molecule has 3 aromatic rings. The molecule has 126 valence electrons. The number of benzene rings is 2. The van der Waals surface area contributed by atoms with Crippen molar-refractivity contribution in [2.75, 3.05) is 5.32 Å². The normalized spacial score (nSPS) is 16.3. The molecular weight excluding hydrogens is 332 g/mol. The Balaban J connectivity index is 1.74. The van der Waals surface area contributed by atoms with E-state index in [0.717, 1.165) is 27.8 Å². The van der Waals surface area contributed by atoms with Crippen molar-refractivity contribution in [3.8, 4) is 0 Å².